The second kappa shape index (κ2) is 9.20. The van der Waals surface area contributed by atoms with Gasteiger partial charge in [0.1, 0.15) is 0 Å². The van der Waals surface area contributed by atoms with E-state index in [9.17, 15) is 18.0 Å². The van der Waals surface area contributed by atoms with Crippen molar-refractivity contribution in [2.24, 2.45) is 0 Å². The number of nitrogens with zero attached hydrogens (tertiary/aromatic N) is 1. The molecule has 0 saturated carbocycles. The molecule has 0 fully saturated rings. The van der Waals surface area contributed by atoms with Crippen LogP contribution >= 0.6 is 11.6 Å². The van der Waals surface area contributed by atoms with Crippen molar-refractivity contribution in [3.8, 4) is 5.69 Å². The summed E-state index contributed by atoms with van der Waals surface area (Å²) < 4.78 is 29.9. The average Bonchev–Trinajstić information content (AvgIpc) is 3.14. The number of rotatable bonds is 6. The Hall–Kier alpha value is -3.82. The van der Waals surface area contributed by atoms with Crippen molar-refractivity contribution >= 4 is 38.9 Å². The Morgan fingerprint density at radius 2 is 1.71 bits per heavy atom. The highest BCUT2D eigenvalue weighted by Gasteiger charge is 2.19. The second-order valence-corrected chi connectivity index (χ2v) is 9.70. The summed E-state index contributed by atoms with van der Waals surface area (Å²) in [5.41, 5.74) is 2.52. The molecular formula is C24H21ClN4O4S. The van der Waals surface area contributed by atoms with Crippen LogP contribution < -0.4 is 15.7 Å². The minimum Gasteiger partial charge on any atom is -0.322 e. The van der Waals surface area contributed by atoms with Crippen molar-refractivity contribution in [1.29, 1.82) is 0 Å². The lowest BCUT2D eigenvalue weighted by molar-refractivity contribution is 0.102. The first-order chi connectivity index (χ1) is 16.2. The van der Waals surface area contributed by atoms with Gasteiger partial charge in [-0.25, -0.2) is 13.2 Å². The van der Waals surface area contributed by atoms with Gasteiger partial charge in [0.15, 0.2) is 0 Å². The molecule has 8 nitrogen and oxygen atoms in total. The lowest BCUT2D eigenvalue weighted by Gasteiger charge is -2.13. The monoisotopic (exact) mass is 496 g/mol. The zero-order chi connectivity index (χ0) is 24.5. The van der Waals surface area contributed by atoms with Crippen LogP contribution in [-0.2, 0) is 10.0 Å². The molecule has 3 aromatic carbocycles. The number of amides is 1. The number of hydrogen-bond acceptors (Lipinski definition) is 4. The van der Waals surface area contributed by atoms with E-state index in [-0.39, 0.29) is 21.3 Å². The molecule has 4 aromatic rings. The molecule has 1 amide bonds. The van der Waals surface area contributed by atoms with Crippen molar-refractivity contribution in [1.82, 2.24) is 9.55 Å². The highest BCUT2D eigenvalue weighted by molar-refractivity contribution is 7.92. The molecule has 0 aliphatic rings. The fraction of sp³-hybridized carbons (Fsp3) is 0.0833. The smallest absolute Gasteiger partial charge is 0.322 e. The number of hydrogen-bond donors (Lipinski definition) is 3. The number of anilines is 2. The SMILES string of the molecule is Cc1ccc(NC(=O)c2ccc(-n3c(C)c[nH]c3=O)cc2)cc1S(=O)(=O)Nc1ccccc1Cl. The number of halogens is 1. The summed E-state index contributed by atoms with van der Waals surface area (Å²) in [4.78, 5) is 27.3. The Morgan fingerprint density at radius 1 is 1.00 bits per heavy atom. The van der Waals surface area contributed by atoms with Gasteiger partial charge in [-0.15, -0.1) is 0 Å². The molecule has 34 heavy (non-hydrogen) atoms. The number of H-pyrrole nitrogens is 1. The third-order valence-electron chi connectivity index (χ3n) is 5.20. The van der Waals surface area contributed by atoms with Crippen LogP contribution in [0.4, 0.5) is 11.4 Å². The molecule has 3 N–H and O–H groups in total. The van der Waals surface area contributed by atoms with Crippen LogP contribution in [0, 0.1) is 13.8 Å². The van der Waals surface area contributed by atoms with Crippen molar-refractivity contribution in [2.45, 2.75) is 18.7 Å². The quantitative estimate of drug-likeness (QED) is 0.365. The maximum atomic E-state index is 13.0. The predicted octanol–water partition coefficient (Wildman–Crippen LogP) is 4.49. The molecule has 0 aliphatic carbocycles. The molecule has 0 unspecified atom stereocenters. The van der Waals surface area contributed by atoms with Crippen molar-refractivity contribution in [3.05, 3.63) is 105 Å². The molecule has 1 heterocycles. The molecule has 0 spiro atoms. The van der Waals surface area contributed by atoms with Gasteiger partial charge in [-0.2, -0.15) is 0 Å². The molecule has 0 bridgehead atoms. The number of imidazole rings is 1. The van der Waals surface area contributed by atoms with Gasteiger partial charge in [-0.05, 0) is 67.9 Å². The number of aromatic amines is 1. The zero-order valence-corrected chi connectivity index (χ0v) is 19.9. The number of para-hydroxylation sites is 1. The van der Waals surface area contributed by atoms with E-state index in [1.54, 1.807) is 80.7 Å². The number of aromatic nitrogens is 2. The number of carbonyl (C=O) groups is 1. The molecular weight excluding hydrogens is 476 g/mol. The summed E-state index contributed by atoms with van der Waals surface area (Å²) in [6.45, 7) is 3.46. The minimum absolute atomic E-state index is 0.0166. The predicted molar refractivity (Wildman–Crippen MR) is 133 cm³/mol. The van der Waals surface area contributed by atoms with Crippen molar-refractivity contribution < 1.29 is 13.2 Å². The summed E-state index contributed by atoms with van der Waals surface area (Å²) in [5.74, 6) is -0.420. The molecule has 10 heteroatoms. The van der Waals surface area contributed by atoms with Crippen molar-refractivity contribution in [3.63, 3.8) is 0 Å². The van der Waals surface area contributed by atoms with Crippen LogP contribution in [0.5, 0.6) is 0 Å². The summed E-state index contributed by atoms with van der Waals surface area (Å²) in [7, 11) is -3.95. The largest absolute Gasteiger partial charge is 0.330 e. The summed E-state index contributed by atoms with van der Waals surface area (Å²) >= 11 is 6.08. The van der Waals surface area contributed by atoms with Crippen LogP contribution in [0.1, 0.15) is 21.6 Å². The molecule has 0 atom stereocenters. The zero-order valence-electron chi connectivity index (χ0n) is 18.3. The van der Waals surface area contributed by atoms with Gasteiger partial charge in [0, 0.05) is 23.1 Å². The van der Waals surface area contributed by atoms with E-state index >= 15 is 0 Å². The first-order valence-corrected chi connectivity index (χ1v) is 12.1. The number of sulfonamides is 1. The number of benzene rings is 3. The van der Waals surface area contributed by atoms with Crippen LogP contribution in [0.3, 0.4) is 0 Å². The maximum absolute atomic E-state index is 13.0. The van der Waals surface area contributed by atoms with Crippen LogP contribution in [0.25, 0.3) is 5.69 Å². The van der Waals surface area contributed by atoms with E-state index in [4.69, 9.17) is 11.6 Å². The maximum Gasteiger partial charge on any atom is 0.330 e. The Balaban J connectivity index is 1.56. The topological polar surface area (TPSA) is 113 Å². The number of nitrogens with one attached hydrogen (secondary N) is 3. The minimum atomic E-state index is -3.95. The van der Waals surface area contributed by atoms with Gasteiger partial charge in [-0.1, -0.05) is 29.8 Å². The van der Waals surface area contributed by atoms with Crippen LogP contribution in [0.2, 0.25) is 5.02 Å². The fourth-order valence-electron chi connectivity index (χ4n) is 3.45. The second-order valence-electron chi connectivity index (χ2n) is 7.64. The van der Waals surface area contributed by atoms with Gasteiger partial charge in [0.25, 0.3) is 15.9 Å². The summed E-state index contributed by atoms with van der Waals surface area (Å²) in [5, 5.41) is 2.99. The molecule has 0 saturated heterocycles. The number of aryl methyl sites for hydroxylation is 2. The van der Waals surface area contributed by atoms with E-state index in [1.807, 2.05) is 0 Å². The molecule has 0 aliphatic heterocycles. The normalized spacial score (nSPS) is 11.3. The van der Waals surface area contributed by atoms with Crippen LogP contribution in [-0.4, -0.2) is 23.9 Å². The summed E-state index contributed by atoms with van der Waals surface area (Å²) in [6, 6.07) is 17.7. The fourth-order valence-corrected chi connectivity index (χ4v) is 5.04. The number of carbonyl (C=O) groups excluding carboxylic acids is 1. The highest BCUT2D eigenvalue weighted by atomic mass is 35.5. The van der Waals surface area contributed by atoms with Gasteiger partial charge < -0.3 is 10.3 Å². The van der Waals surface area contributed by atoms with Gasteiger partial charge in [0.05, 0.1) is 21.3 Å². The van der Waals surface area contributed by atoms with E-state index in [0.717, 1.165) is 5.69 Å². The van der Waals surface area contributed by atoms with Gasteiger partial charge in [0.2, 0.25) is 0 Å². The van der Waals surface area contributed by atoms with Crippen molar-refractivity contribution in [2.75, 3.05) is 10.0 Å². The standard InChI is InChI=1S/C24H21ClN4O4S/c1-15-7-10-18(13-22(15)34(32,33)28-21-6-4-3-5-20(21)25)27-23(30)17-8-11-19(12-9-17)29-16(2)14-26-24(29)31/h3-14,28H,1-2H3,(H,26,31)(H,27,30). The Bertz CT molecular complexity index is 1540. The Labute approximate surface area is 201 Å². The molecule has 174 valence electrons. The first-order valence-electron chi connectivity index (χ1n) is 10.2. The van der Waals surface area contributed by atoms with E-state index in [2.05, 4.69) is 15.0 Å². The van der Waals surface area contributed by atoms with E-state index in [0.29, 0.717) is 22.5 Å². The summed E-state index contributed by atoms with van der Waals surface area (Å²) in [6.07, 6.45) is 1.60. The Kier molecular flexibility index (Phi) is 6.32. The lowest BCUT2D eigenvalue weighted by atomic mass is 10.1. The van der Waals surface area contributed by atoms with E-state index in [1.165, 1.54) is 10.6 Å². The van der Waals surface area contributed by atoms with E-state index < -0.39 is 15.9 Å². The molecule has 0 radical (unpaired) electrons. The third-order valence-corrected chi connectivity index (χ3v) is 7.04. The first kappa shape index (κ1) is 23.3. The van der Waals surface area contributed by atoms with Gasteiger partial charge in [-0.3, -0.25) is 14.1 Å². The van der Waals surface area contributed by atoms with Crippen LogP contribution in [0.15, 0.2) is 82.6 Å². The molecule has 4 rings (SSSR count). The van der Waals surface area contributed by atoms with Gasteiger partial charge >= 0.3 is 5.69 Å². The lowest BCUT2D eigenvalue weighted by Crippen LogP contribution is -2.17. The molecule has 1 aromatic heterocycles. The Morgan fingerprint density at radius 3 is 2.35 bits per heavy atom. The average molecular weight is 497 g/mol. The highest BCUT2D eigenvalue weighted by Crippen LogP contribution is 2.27. The third kappa shape index (κ3) is 4.75.